The lowest BCUT2D eigenvalue weighted by Gasteiger charge is -2.24. The van der Waals surface area contributed by atoms with Gasteiger partial charge in [0.25, 0.3) is 0 Å². The lowest BCUT2D eigenvalue weighted by atomic mass is 9.84. The third-order valence-corrected chi connectivity index (χ3v) is 3.92. The summed E-state index contributed by atoms with van der Waals surface area (Å²) in [6, 6.07) is 0.756. The van der Waals surface area contributed by atoms with E-state index in [4.69, 9.17) is 0 Å². The van der Waals surface area contributed by atoms with Crippen molar-refractivity contribution < 1.29 is 4.79 Å². The standard InChI is InChI=1S/C14H21NO/c1-2-3-4-9-14(16)13-10-11-7-5-6-8-12(11)15-13/h11-13,15H,4-10H2,1H3. The van der Waals surface area contributed by atoms with E-state index in [0.717, 1.165) is 18.8 Å². The minimum Gasteiger partial charge on any atom is -0.304 e. The first-order valence-corrected chi connectivity index (χ1v) is 6.49. The zero-order valence-electron chi connectivity index (χ0n) is 10.1. The van der Waals surface area contributed by atoms with Crippen LogP contribution >= 0.6 is 0 Å². The molecule has 1 aliphatic carbocycles. The highest BCUT2D eigenvalue weighted by Crippen LogP contribution is 2.33. The maximum atomic E-state index is 11.9. The maximum absolute atomic E-state index is 11.9. The molecule has 1 saturated heterocycles. The summed E-state index contributed by atoms with van der Waals surface area (Å²) in [5, 5.41) is 3.52. The fourth-order valence-corrected chi connectivity index (χ4v) is 3.05. The molecule has 0 radical (unpaired) electrons. The Morgan fingerprint density at radius 3 is 2.94 bits per heavy atom. The number of hydrogen-bond acceptors (Lipinski definition) is 2. The second-order valence-corrected chi connectivity index (χ2v) is 5.00. The topological polar surface area (TPSA) is 29.1 Å². The maximum Gasteiger partial charge on any atom is 0.150 e. The van der Waals surface area contributed by atoms with E-state index in [1.807, 2.05) is 6.92 Å². The van der Waals surface area contributed by atoms with Gasteiger partial charge in [0, 0.05) is 18.9 Å². The third-order valence-electron chi connectivity index (χ3n) is 3.92. The Bertz CT molecular complexity index is 298. The number of Topliss-reactive ketones (excluding diaryl/α,β-unsaturated/α-hetero) is 1. The van der Waals surface area contributed by atoms with Crippen molar-refractivity contribution >= 4 is 5.78 Å². The second-order valence-electron chi connectivity index (χ2n) is 5.00. The first-order valence-electron chi connectivity index (χ1n) is 6.49. The lowest BCUT2D eigenvalue weighted by Crippen LogP contribution is -2.37. The Labute approximate surface area is 98.2 Å². The van der Waals surface area contributed by atoms with E-state index >= 15 is 0 Å². The molecule has 1 heterocycles. The van der Waals surface area contributed by atoms with E-state index in [-0.39, 0.29) is 6.04 Å². The molecular formula is C14H21NO. The van der Waals surface area contributed by atoms with E-state index in [2.05, 4.69) is 17.2 Å². The summed E-state index contributed by atoms with van der Waals surface area (Å²) in [4.78, 5) is 11.9. The highest BCUT2D eigenvalue weighted by atomic mass is 16.1. The molecule has 1 saturated carbocycles. The van der Waals surface area contributed by atoms with Crippen LogP contribution in [-0.2, 0) is 4.79 Å². The van der Waals surface area contributed by atoms with Crippen molar-refractivity contribution in [3.05, 3.63) is 0 Å². The Hall–Kier alpha value is -0.810. The molecule has 0 aromatic rings. The van der Waals surface area contributed by atoms with Gasteiger partial charge in [-0.3, -0.25) is 4.79 Å². The lowest BCUT2D eigenvalue weighted by molar-refractivity contribution is -0.120. The van der Waals surface area contributed by atoms with Crippen molar-refractivity contribution in [1.82, 2.24) is 5.32 Å². The molecule has 1 aliphatic heterocycles. The van der Waals surface area contributed by atoms with Crippen LogP contribution in [0.5, 0.6) is 0 Å². The van der Waals surface area contributed by atoms with Gasteiger partial charge in [0.1, 0.15) is 0 Å². The van der Waals surface area contributed by atoms with Crippen LogP contribution in [0.2, 0.25) is 0 Å². The molecule has 0 aromatic carbocycles. The number of nitrogens with one attached hydrogen (secondary N) is 1. The first-order chi connectivity index (χ1) is 7.81. The third kappa shape index (κ3) is 2.65. The Kier molecular flexibility index (Phi) is 4.01. The van der Waals surface area contributed by atoms with E-state index in [1.165, 1.54) is 25.7 Å². The summed E-state index contributed by atoms with van der Waals surface area (Å²) in [5.41, 5.74) is 0. The van der Waals surface area contributed by atoms with Crippen LogP contribution in [-0.4, -0.2) is 17.9 Å². The van der Waals surface area contributed by atoms with Gasteiger partial charge in [0.2, 0.25) is 0 Å². The van der Waals surface area contributed by atoms with Crippen molar-refractivity contribution in [2.75, 3.05) is 0 Å². The summed E-state index contributed by atoms with van der Waals surface area (Å²) in [6.07, 6.45) is 7.69. The molecule has 3 atom stereocenters. The summed E-state index contributed by atoms with van der Waals surface area (Å²) in [5.74, 6) is 6.94. The number of rotatable bonds is 3. The molecule has 0 spiro atoms. The summed E-state index contributed by atoms with van der Waals surface area (Å²) in [6.45, 7) is 1.83. The molecule has 0 bridgehead atoms. The van der Waals surface area contributed by atoms with Gasteiger partial charge in [-0.05, 0) is 32.1 Å². The van der Waals surface area contributed by atoms with Crippen molar-refractivity contribution in [3.8, 4) is 11.8 Å². The predicted molar refractivity (Wildman–Crippen MR) is 65.0 cm³/mol. The quantitative estimate of drug-likeness (QED) is 0.738. The van der Waals surface area contributed by atoms with Crippen LogP contribution in [0.15, 0.2) is 0 Å². The van der Waals surface area contributed by atoms with E-state index in [1.54, 1.807) is 0 Å². The Balaban J connectivity index is 1.81. The van der Waals surface area contributed by atoms with Gasteiger partial charge >= 0.3 is 0 Å². The van der Waals surface area contributed by atoms with Gasteiger partial charge in [0.15, 0.2) is 5.78 Å². The molecule has 2 nitrogen and oxygen atoms in total. The number of hydrogen-bond donors (Lipinski definition) is 1. The fraction of sp³-hybridized carbons (Fsp3) is 0.786. The van der Waals surface area contributed by atoms with Crippen LogP contribution in [0.25, 0.3) is 0 Å². The van der Waals surface area contributed by atoms with E-state index in [0.29, 0.717) is 18.2 Å². The van der Waals surface area contributed by atoms with Gasteiger partial charge in [-0.25, -0.2) is 0 Å². The van der Waals surface area contributed by atoms with E-state index in [9.17, 15) is 4.79 Å². The van der Waals surface area contributed by atoms with Gasteiger partial charge in [-0.1, -0.05) is 12.8 Å². The molecule has 0 aromatic heterocycles. The number of ketones is 1. The van der Waals surface area contributed by atoms with E-state index < -0.39 is 0 Å². The zero-order valence-corrected chi connectivity index (χ0v) is 10.1. The molecule has 1 N–H and O–H groups in total. The predicted octanol–water partition coefficient (Wildman–Crippen LogP) is 2.28. The monoisotopic (exact) mass is 219 g/mol. The largest absolute Gasteiger partial charge is 0.304 e. The van der Waals surface area contributed by atoms with Crippen molar-refractivity contribution in [3.63, 3.8) is 0 Å². The average molecular weight is 219 g/mol. The fourth-order valence-electron chi connectivity index (χ4n) is 3.05. The molecule has 2 heteroatoms. The van der Waals surface area contributed by atoms with Gasteiger partial charge in [0.05, 0.1) is 6.04 Å². The highest BCUT2D eigenvalue weighted by Gasteiger charge is 2.37. The Morgan fingerprint density at radius 2 is 2.19 bits per heavy atom. The van der Waals surface area contributed by atoms with Crippen LogP contribution in [0.3, 0.4) is 0 Å². The highest BCUT2D eigenvalue weighted by molar-refractivity contribution is 5.84. The number of carbonyl (C=O) groups excluding carboxylic acids is 1. The summed E-state index contributed by atoms with van der Waals surface area (Å²) >= 11 is 0. The average Bonchev–Trinajstić information content (AvgIpc) is 2.73. The Morgan fingerprint density at radius 1 is 1.38 bits per heavy atom. The number of fused-ring (bicyclic) bond motifs is 1. The van der Waals surface area contributed by atoms with Gasteiger partial charge in [-0.2, -0.15) is 0 Å². The summed E-state index contributed by atoms with van der Waals surface area (Å²) < 4.78 is 0. The van der Waals surface area contributed by atoms with Gasteiger partial charge in [-0.15, -0.1) is 11.8 Å². The zero-order chi connectivity index (χ0) is 11.4. The normalized spacial score (nSPS) is 32.7. The van der Waals surface area contributed by atoms with Crippen LogP contribution in [0.1, 0.15) is 51.9 Å². The molecule has 2 fully saturated rings. The van der Waals surface area contributed by atoms with Crippen LogP contribution in [0.4, 0.5) is 0 Å². The summed E-state index contributed by atoms with van der Waals surface area (Å²) in [7, 11) is 0. The molecule has 2 rings (SSSR count). The molecule has 88 valence electrons. The number of carbonyl (C=O) groups is 1. The van der Waals surface area contributed by atoms with Crippen molar-refractivity contribution in [2.24, 2.45) is 5.92 Å². The van der Waals surface area contributed by atoms with Gasteiger partial charge < -0.3 is 5.32 Å². The molecular weight excluding hydrogens is 198 g/mol. The minimum atomic E-state index is 0.131. The molecule has 16 heavy (non-hydrogen) atoms. The minimum absolute atomic E-state index is 0.131. The first kappa shape index (κ1) is 11.7. The molecule has 0 amide bonds. The smallest absolute Gasteiger partial charge is 0.150 e. The molecule has 3 unspecified atom stereocenters. The van der Waals surface area contributed by atoms with Crippen LogP contribution in [0, 0.1) is 17.8 Å². The van der Waals surface area contributed by atoms with Crippen molar-refractivity contribution in [2.45, 2.75) is 64.0 Å². The van der Waals surface area contributed by atoms with Crippen molar-refractivity contribution in [1.29, 1.82) is 0 Å². The van der Waals surface area contributed by atoms with Crippen LogP contribution < -0.4 is 5.32 Å². The SMILES string of the molecule is CC#CCCC(=O)C1CC2CCCCC2N1. The molecule has 2 aliphatic rings. The second kappa shape index (κ2) is 5.50.